The van der Waals surface area contributed by atoms with E-state index in [1.807, 2.05) is 31.2 Å². The summed E-state index contributed by atoms with van der Waals surface area (Å²) >= 11 is 6.06. The molecule has 0 radical (unpaired) electrons. The number of halogens is 1. The number of benzene rings is 2. The molecule has 2 nitrogen and oxygen atoms in total. The van der Waals surface area contributed by atoms with Crippen LogP contribution in [0.25, 0.3) is 6.08 Å². The molecular formula is C19H20ClNO. The summed E-state index contributed by atoms with van der Waals surface area (Å²) in [5.74, 6) is -0.134. The van der Waals surface area contributed by atoms with Crippen LogP contribution in [0.3, 0.4) is 0 Å². The summed E-state index contributed by atoms with van der Waals surface area (Å²) in [5.41, 5.74) is 4.41. The number of nitrogens with one attached hydrogen (secondary N) is 1. The maximum absolute atomic E-state index is 12.0. The van der Waals surface area contributed by atoms with Crippen LogP contribution in [0.15, 0.2) is 48.5 Å². The Morgan fingerprint density at radius 3 is 2.55 bits per heavy atom. The van der Waals surface area contributed by atoms with E-state index in [4.69, 9.17) is 11.6 Å². The lowest BCUT2D eigenvalue weighted by atomic mass is 10.0. The molecule has 2 aromatic rings. The van der Waals surface area contributed by atoms with Gasteiger partial charge < -0.3 is 5.32 Å². The molecule has 0 aliphatic heterocycles. The summed E-state index contributed by atoms with van der Waals surface area (Å²) < 4.78 is 0. The highest BCUT2D eigenvalue weighted by Gasteiger charge is 2.08. The van der Waals surface area contributed by atoms with Crippen molar-refractivity contribution in [1.82, 2.24) is 5.32 Å². The van der Waals surface area contributed by atoms with Crippen molar-refractivity contribution in [1.29, 1.82) is 0 Å². The number of carbonyl (C=O) groups is 1. The van der Waals surface area contributed by atoms with Crippen LogP contribution < -0.4 is 5.32 Å². The number of rotatable bonds is 4. The van der Waals surface area contributed by atoms with Gasteiger partial charge in [-0.3, -0.25) is 4.79 Å². The Labute approximate surface area is 136 Å². The molecule has 0 spiro atoms. The van der Waals surface area contributed by atoms with Crippen LogP contribution >= 0.6 is 11.6 Å². The third kappa shape index (κ3) is 4.22. The minimum atomic E-state index is -0.134. The molecule has 0 fully saturated rings. The van der Waals surface area contributed by atoms with Crippen molar-refractivity contribution in [3.8, 4) is 0 Å². The molecule has 2 rings (SSSR count). The molecule has 0 aliphatic carbocycles. The number of amides is 1. The van der Waals surface area contributed by atoms with E-state index in [1.54, 1.807) is 12.1 Å². The second kappa shape index (κ2) is 7.28. The van der Waals surface area contributed by atoms with Crippen LogP contribution in [0, 0.1) is 13.8 Å². The molecule has 0 aromatic heterocycles. The van der Waals surface area contributed by atoms with Gasteiger partial charge in [0.2, 0.25) is 5.91 Å². The molecule has 22 heavy (non-hydrogen) atoms. The van der Waals surface area contributed by atoms with E-state index < -0.39 is 0 Å². The first kappa shape index (κ1) is 16.3. The molecule has 0 aliphatic rings. The van der Waals surface area contributed by atoms with Crippen molar-refractivity contribution in [2.75, 3.05) is 0 Å². The van der Waals surface area contributed by atoms with Gasteiger partial charge in [0.1, 0.15) is 0 Å². The van der Waals surface area contributed by atoms with Crippen molar-refractivity contribution in [3.63, 3.8) is 0 Å². The van der Waals surface area contributed by atoms with Gasteiger partial charge in [0.15, 0.2) is 0 Å². The van der Waals surface area contributed by atoms with Crippen LogP contribution in [-0.2, 0) is 4.79 Å². The van der Waals surface area contributed by atoms with E-state index in [-0.39, 0.29) is 11.9 Å². The molecule has 1 N–H and O–H groups in total. The van der Waals surface area contributed by atoms with Crippen LogP contribution in [0.1, 0.15) is 35.2 Å². The molecule has 0 unspecified atom stereocenters. The van der Waals surface area contributed by atoms with Gasteiger partial charge >= 0.3 is 0 Å². The lowest BCUT2D eigenvalue weighted by Gasteiger charge is -2.14. The average Bonchev–Trinajstić information content (AvgIpc) is 2.49. The third-order valence-corrected chi connectivity index (χ3v) is 4.05. The molecule has 1 atom stereocenters. The van der Waals surface area contributed by atoms with Crippen molar-refractivity contribution in [2.45, 2.75) is 26.8 Å². The van der Waals surface area contributed by atoms with E-state index in [2.05, 4.69) is 31.3 Å². The Balaban J connectivity index is 2.02. The summed E-state index contributed by atoms with van der Waals surface area (Å²) in [4.78, 5) is 12.0. The fourth-order valence-corrected chi connectivity index (χ4v) is 2.35. The largest absolute Gasteiger partial charge is 0.346 e. The summed E-state index contributed by atoms with van der Waals surface area (Å²) in [6, 6.07) is 13.6. The normalized spacial score (nSPS) is 12.4. The van der Waals surface area contributed by atoms with Gasteiger partial charge in [0.25, 0.3) is 0 Å². The van der Waals surface area contributed by atoms with Gasteiger partial charge in [-0.25, -0.2) is 0 Å². The smallest absolute Gasteiger partial charge is 0.244 e. The number of carbonyl (C=O) groups excluding carboxylic acids is 1. The second-order valence-corrected chi connectivity index (χ2v) is 5.84. The maximum atomic E-state index is 12.0. The van der Waals surface area contributed by atoms with Gasteiger partial charge in [-0.05, 0) is 55.2 Å². The fraction of sp³-hybridized carbons (Fsp3) is 0.211. The number of hydrogen-bond acceptors (Lipinski definition) is 1. The molecule has 0 bridgehead atoms. The predicted octanol–water partition coefficient (Wildman–Crippen LogP) is 4.85. The fourth-order valence-electron chi connectivity index (χ4n) is 2.15. The molecule has 1 amide bonds. The quantitative estimate of drug-likeness (QED) is 0.803. The highest BCUT2D eigenvalue weighted by molar-refractivity contribution is 6.32. The van der Waals surface area contributed by atoms with Crippen LogP contribution in [0.2, 0.25) is 5.02 Å². The van der Waals surface area contributed by atoms with Gasteiger partial charge in [-0.2, -0.15) is 0 Å². The topological polar surface area (TPSA) is 29.1 Å². The monoisotopic (exact) mass is 313 g/mol. The Morgan fingerprint density at radius 2 is 1.86 bits per heavy atom. The first-order valence-corrected chi connectivity index (χ1v) is 7.65. The molecule has 0 saturated carbocycles. The Bertz CT molecular complexity index is 706. The van der Waals surface area contributed by atoms with Crippen LogP contribution in [0.5, 0.6) is 0 Å². The minimum Gasteiger partial charge on any atom is -0.346 e. The molecule has 0 saturated heterocycles. The van der Waals surface area contributed by atoms with Crippen LogP contribution in [0.4, 0.5) is 0 Å². The number of hydrogen-bond donors (Lipinski definition) is 1. The Kier molecular flexibility index (Phi) is 5.40. The zero-order valence-electron chi connectivity index (χ0n) is 13.1. The van der Waals surface area contributed by atoms with E-state index in [1.165, 1.54) is 17.2 Å². The van der Waals surface area contributed by atoms with Crippen LogP contribution in [-0.4, -0.2) is 5.91 Å². The standard InChI is InChI=1S/C19H20ClNO/c1-13-8-9-17(12-14(13)2)15(3)21-19(22)11-10-16-6-4-5-7-18(16)20/h4-12,15H,1-3H3,(H,21,22)/b11-10+/t15-/m0/s1. The second-order valence-electron chi connectivity index (χ2n) is 5.43. The molecule has 114 valence electrons. The Morgan fingerprint density at radius 1 is 1.14 bits per heavy atom. The molecule has 3 heteroatoms. The maximum Gasteiger partial charge on any atom is 0.244 e. The average molecular weight is 314 g/mol. The third-order valence-electron chi connectivity index (χ3n) is 3.71. The molecule has 2 aromatic carbocycles. The van der Waals surface area contributed by atoms with E-state index in [9.17, 15) is 4.79 Å². The van der Waals surface area contributed by atoms with E-state index >= 15 is 0 Å². The van der Waals surface area contributed by atoms with Crippen molar-refractivity contribution >= 4 is 23.6 Å². The summed E-state index contributed by atoms with van der Waals surface area (Å²) in [7, 11) is 0. The van der Waals surface area contributed by atoms with Crippen molar-refractivity contribution in [3.05, 3.63) is 75.8 Å². The van der Waals surface area contributed by atoms with Gasteiger partial charge in [0.05, 0.1) is 6.04 Å². The van der Waals surface area contributed by atoms with Gasteiger partial charge in [-0.15, -0.1) is 0 Å². The highest BCUT2D eigenvalue weighted by Crippen LogP contribution is 2.18. The summed E-state index contributed by atoms with van der Waals surface area (Å²) in [6.45, 7) is 6.13. The lowest BCUT2D eigenvalue weighted by molar-refractivity contribution is -0.117. The highest BCUT2D eigenvalue weighted by atomic mass is 35.5. The SMILES string of the molecule is Cc1ccc([C@H](C)NC(=O)/C=C/c2ccccc2Cl)cc1C. The summed E-state index contributed by atoms with van der Waals surface area (Å²) in [5, 5.41) is 3.60. The Hall–Kier alpha value is -2.06. The zero-order valence-corrected chi connectivity index (χ0v) is 13.8. The predicted molar refractivity (Wildman–Crippen MR) is 93.0 cm³/mol. The van der Waals surface area contributed by atoms with Gasteiger partial charge in [-0.1, -0.05) is 48.0 Å². The first-order valence-electron chi connectivity index (χ1n) is 7.27. The molecular weight excluding hydrogens is 294 g/mol. The van der Waals surface area contributed by atoms with Crippen molar-refractivity contribution < 1.29 is 4.79 Å². The lowest BCUT2D eigenvalue weighted by Crippen LogP contribution is -2.24. The first-order chi connectivity index (χ1) is 10.5. The van der Waals surface area contributed by atoms with E-state index in [0.29, 0.717) is 5.02 Å². The molecule has 0 heterocycles. The van der Waals surface area contributed by atoms with E-state index in [0.717, 1.165) is 11.1 Å². The summed E-state index contributed by atoms with van der Waals surface area (Å²) in [6.07, 6.45) is 3.24. The minimum absolute atomic E-state index is 0.0392. The van der Waals surface area contributed by atoms with Gasteiger partial charge in [0, 0.05) is 11.1 Å². The number of aryl methyl sites for hydroxylation is 2. The zero-order chi connectivity index (χ0) is 16.1. The van der Waals surface area contributed by atoms with Crippen molar-refractivity contribution in [2.24, 2.45) is 0 Å².